The molecule has 2 heterocycles. The fraction of sp³-hybridized carbons (Fsp3) is 0.917. The van der Waals surface area contributed by atoms with E-state index >= 15 is 0 Å². The zero-order valence-corrected chi connectivity index (χ0v) is 9.89. The fourth-order valence-corrected chi connectivity index (χ4v) is 2.66. The Morgan fingerprint density at radius 3 is 2.88 bits per heavy atom. The summed E-state index contributed by atoms with van der Waals surface area (Å²) in [6, 6.07) is 0.0117. The van der Waals surface area contributed by atoms with Crippen molar-refractivity contribution in [3.63, 3.8) is 0 Å². The molecule has 0 saturated carbocycles. The molecular formula is C12H21NO3. The molecule has 1 N–H and O–H groups in total. The van der Waals surface area contributed by atoms with Crippen LogP contribution in [-0.2, 0) is 9.53 Å². The number of carbonyl (C=O) groups excluding carboxylic acids is 1. The number of likely N-dealkylation sites (tertiary alicyclic amines) is 1. The van der Waals surface area contributed by atoms with E-state index in [0.717, 1.165) is 32.2 Å². The summed E-state index contributed by atoms with van der Waals surface area (Å²) >= 11 is 0. The van der Waals surface area contributed by atoms with Crippen molar-refractivity contribution >= 4 is 5.91 Å². The summed E-state index contributed by atoms with van der Waals surface area (Å²) in [4.78, 5) is 14.1. The molecule has 3 unspecified atom stereocenters. The Balaban J connectivity index is 2.01. The standard InChI is InChI=1S/C12H21NO3/c1-9-5-7-16-11(9)12(15)13-6-3-2-4-10(13)8-14/h9-11,14H,2-8H2,1H3. The second-order valence-electron chi connectivity index (χ2n) is 4.92. The molecule has 0 aliphatic carbocycles. The zero-order valence-electron chi connectivity index (χ0n) is 9.89. The molecule has 92 valence electrons. The van der Waals surface area contributed by atoms with Crippen molar-refractivity contribution in [1.82, 2.24) is 4.90 Å². The van der Waals surface area contributed by atoms with Crippen LogP contribution in [0.1, 0.15) is 32.6 Å². The molecule has 1 amide bonds. The molecule has 2 aliphatic rings. The quantitative estimate of drug-likeness (QED) is 0.758. The van der Waals surface area contributed by atoms with Gasteiger partial charge in [0, 0.05) is 13.2 Å². The maximum atomic E-state index is 12.3. The van der Waals surface area contributed by atoms with Crippen LogP contribution in [0, 0.1) is 5.92 Å². The van der Waals surface area contributed by atoms with Crippen LogP contribution in [-0.4, -0.2) is 47.8 Å². The number of rotatable bonds is 2. The van der Waals surface area contributed by atoms with Gasteiger partial charge < -0.3 is 14.7 Å². The number of ether oxygens (including phenoxy) is 1. The van der Waals surface area contributed by atoms with Gasteiger partial charge in [-0.1, -0.05) is 6.92 Å². The highest BCUT2D eigenvalue weighted by Crippen LogP contribution is 2.25. The average molecular weight is 227 g/mol. The van der Waals surface area contributed by atoms with Crippen molar-refractivity contribution in [1.29, 1.82) is 0 Å². The molecule has 0 spiro atoms. The SMILES string of the molecule is CC1CCOC1C(=O)N1CCCCC1CO. The second-order valence-corrected chi connectivity index (χ2v) is 4.92. The van der Waals surface area contributed by atoms with Crippen molar-refractivity contribution in [2.75, 3.05) is 19.8 Å². The van der Waals surface area contributed by atoms with Crippen LogP contribution in [0.3, 0.4) is 0 Å². The molecule has 0 bridgehead atoms. The van der Waals surface area contributed by atoms with E-state index in [1.165, 1.54) is 0 Å². The van der Waals surface area contributed by atoms with Crippen molar-refractivity contribution in [2.45, 2.75) is 44.8 Å². The largest absolute Gasteiger partial charge is 0.394 e. The van der Waals surface area contributed by atoms with E-state index in [9.17, 15) is 9.90 Å². The van der Waals surface area contributed by atoms with Crippen LogP contribution in [0.25, 0.3) is 0 Å². The van der Waals surface area contributed by atoms with E-state index < -0.39 is 0 Å². The first kappa shape index (κ1) is 11.9. The minimum atomic E-state index is -0.271. The third kappa shape index (κ3) is 2.23. The monoisotopic (exact) mass is 227 g/mol. The summed E-state index contributed by atoms with van der Waals surface area (Å²) in [5.41, 5.74) is 0. The van der Waals surface area contributed by atoms with Gasteiger partial charge in [-0.05, 0) is 31.6 Å². The van der Waals surface area contributed by atoms with Gasteiger partial charge in [-0.2, -0.15) is 0 Å². The van der Waals surface area contributed by atoms with Crippen LogP contribution in [0.2, 0.25) is 0 Å². The van der Waals surface area contributed by atoms with Gasteiger partial charge in [0.25, 0.3) is 5.91 Å². The summed E-state index contributed by atoms with van der Waals surface area (Å²) < 4.78 is 5.50. The Kier molecular flexibility index (Phi) is 3.82. The number of hydrogen-bond donors (Lipinski definition) is 1. The summed E-state index contributed by atoms with van der Waals surface area (Å²) in [6.07, 6.45) is 3.77. The van der Waals surface area contributed by atoms with Crippen LogP contribution in [0.5, 0.6) is 0 Å². The van der Waals surface area contributed by atoms with E-state index in [2.05, 4.69) is 6.92 Å². The molecule has 0 aromatic heterocycles. The van der Waals surface area contributed by atoms with E-state index in [-0.39, 0.29) is 24.7 Å². The number of amides is 1. The van der Waals surface area contributed by atoms with Crippen molar-refractivity contribution < 1.29 is 14.6 Å². The third-order valence-electron chi connectivity index (χ3n) is 3.75. The molecule has 2 aliphatic heterocycles. The predicted molar refractivity (Wildman–Crippen MR) is 60.0 cm³/mol. The van der Waals surface area contributed by atoms with Crippen molar-refractivity contribution in [2.24, 2.45) is 5.92 Å². The number of carbonyl (C=O) groups is 1. The Labute approximate surface area is 96.6 Å². The number of hydrogen-bond acceptors (Lipinski definition) is 3. The predicted octanol–water partition coefficient (Wildman–Crippen LogP) is 0.785. The molecule has 16 heavy (non-hydrogen) atoms. The number of piperidine rings is 1. The van der Waals surface area contributed by atoms with E-state index in [0.29, 0.717) is 12.5 Å². The van der Waals surface area contributed by atoms with Gasteiger partial charge in [0.2, 0.25) is 0 Å². The Hall–Kier alpha value is -0.610. The molecule has 0 aromatic rings. The lowest BCUT2D eigenvalue weighted by Gasteiger charge is -2.36. The van der Waals surface area contributed by atoms with Gasteiger partial charge in [-0.25, -0.2) is 0 Å². The molecule has 0 radical (unpaired) electrons. The summed E-state index contributed by atoms with van der Waals surface area (Å²) in [5, 5.41) is 9.28. The minimum Gasteiger partial charge on any atom is -0.394 e. The van der Waals surface area contributed by atoms with Gasteiger partial charge in [-0.3, -0.25) is 4.79 Å². The molecule has 2 fully saturated rings. The molecule has 3 atom stereocenters. The Bertz CT molecular complexity index is 257. The lowest BCUT2D eigenvalue weighted by atomic mass is 9.98. The Morgan fingerprint density at radius 2 is 2.25 bits per heavy atom. The van der Waals surface area contributed by atoms with Gasteiger partial charge >= 0.3 is 0 Å². The number of nitrogens with zero attached hydrogens (tertiary/aromatic N) is 1. The fourth-order valence-electron chi connectivity index (χ4n) is 2.66. The maximum Gasteiger partial charge on any atom is 0.252 e. The summed E-state index contributed by atoms with van der Waals surface area (Å²) in [5.74, 6) is 0.400. The molecule has 0 aromatic carbocycles. The third-order valence-corrected chi connectivity index (χ3v) is 3.75. The summed E-state index contributed by atoms with van der Waals surface area (Å²) in [6.45, 7) is 3.60. The maximum absolute atomic E-state index is 12.3. The van der Waals surface area contributed by atoms with E-state index in [1.807, 2.05) is 4.90 Å². The van der Waals surface area contributed by atoms with E-state index in [1.54, 1.807) is 0 Å². The highest BCUT2D eigenvalue weighted by atomic mass is 16.5. The molecular weight excluding hydrogens is 206 g/mol. The molecule has 2 rings (SSSR count). The van der Waals surface area contributed by atoms with Crippen molar-refractivity contribution in [3.05, 3.63) is 0 Å². The van der Waals surface area contributed by atoms with E-state index in [4.69, 9.17) is 4.74 Å². The smallest absolute Gasteiger partial charge is 0.252 e. The minimum absolute atomic E-state index is 0.0117. The zero-order chi connectivity index (χ0) is 11.5. The first-order valence-corrected chi connectivity index (χ1v) is 6.27. The van der Waals surface area contributed by atoms with Gasteiger partial charge in [0.1, 0.15) is 6.10 Å². The summed E-state index contributed by atoms with van der Waals surface area (Å²) in [7, 11) is 0. The average Bonchev–Trinajstić information content (AvgIpc) is 2.74. The molecule has 4 nitrogen and oxygen atoms in total. The van der Waals surface area contributed by atoms with Crippen LogP contribution >= 0.6 is 0 Å². The Morgan fingerprint density at radius 1 is 1.44 bits per heavy atom. The topological polar surface area (TPSA) is 49.8 Å². The number of aliphatic hydroxyl groups excluding tert-OH is 1. The normalized spacial score (nSPS) is 35.4. The van der Waals surface area contributed by atoms with Gasteiger partial charge in [-0.15, -0.1) is 0 Å². The van der Waals surface area contributed by atoms with Crippen molar-refractivity contribution in [3.8, 4) is 0 Å². The lowest BCUT2D eigenvalue weighted by Crippen LogP contribution is -2.50. The molecule has 4 heteroatoms. The van der Waals surface area contributed by atoms with Crippen LogP contribution < -0.4 is 0 Å². The van der Waals surface area contributed by atoms with Crippen LogP contribution in [0.15, 0.2) is 0 Å². The van der Waals surface area contributed by atoms with Gasteiger partial charge in [0.05, 0.1) is 12.6 Å². The highest BCUT2D eigenvalue weighted by molar-refractivity contribution is 5.82. The lowest BCUT2D eigenvalue weighted by molar-refractivity contribution is -0.147. The second kappa shape index (κ2) is 5.15. The number of aliphatic hydroxyl groups is 1. The van der Waals surface area contributed by atoms with Gasteiger partial charge in [0.15, 0.2) is 0 Å². The molecule has 2 saturated heterocycles. The van der Waals surface area contributed by atoms with Crippen LogP contribution in [0.4, 0.5) is 0 Å². The first-order chi connectivity index (χ1) is 7.74. The highest BCUT2D eigenvalue weighted by Gasteiger charge is 2.37. The first-order valence-electron chi connectivity index (χ1n) is 6.27.